The number of hydrogen-bond acceptors (Lipinski definition) is 3. The predicted octanol–water partition coefficient (Wildman–Crippen LogP) is 4.26. The van der Waals surface area contributed by atoms with Crippen LogP contribution in [0.3, 0.4) is 0 Å². The average molecular weight is 417 g/mol. The minimum Gasteiger partial charge on any atom is -0.337 e. The highest BCUT2D eigenvalue weighted by Gasteiger charge is 2.26. The van der Waals surface area contributed by atoms with Crippen molar-refractivity contribution in [2.75, 3.05) is 0 Å². The quantitative estimate of drug-likeness (QED) is 0.564. The Bertz CT molecular complexity index is 1120. The SMILES string of the molecule is CC(C)N(C(=O)Cn1cc(S(=O)(=O)c2ccc(F)cc2)c2ccccc21)C(C)C. The molecule has 1 amide bonds. The van der Waals surface area contributed by atoms with E-state index >= 15 is 0 Å². The molecule has 0 radical (unpaired) electrons. The maximum Gasteiger partial charge on any atom is 0.242 e. The molecule has 0 N–H and O–H groups in total. The number of carbonyl (C=O) groups excluding carboxylic acids is 1. The van der Waals surface area contributed by atoms with Crippen LogP contribution in [0.1, 0.15) is 27.7 Å². The van der Waals surface area contributed by atoms with Gasteiger partial charge < -0.3 is 9.47 Å². The van der Waals surface area contributed by atoms with Gasteiger partial charge in [-0.2, -0.15) is 0 Å². The lowest BCUT2D eigenvalue weighted by atomic mass is 10.2. The summed E-state index contributed by atoms with van der Waals surface area (Å²) in [6.07, 6.45) is 1.50. The first-order valence-corrected chi connectivity index (χ1v) is 11.0. The normalized spacial score (nSPS) is 12.1. The first-order chi connectivity index (χ1) is 13.6. The van der Waals surface area contributed by atoms with Crippen molar-refractivity contribution < 1.29 is 17.6 Å². The molecule has 29 heavy (non-hydrogen) atoms. The lowest BCUT2D eigenvalue weighted by molar-refractivity contribution is -0.135. The molecule has 0 unspecified atom stereocenters. The lowest BCUT2D eigenvalue weighted by Crippen LogP contribution is -2.43. The Hall–Kier alpha value is -2.67. The number of fused-ring (bicyclic) bond motifs is 1. The number of halogens is 1. The van der Waals surface area contributed by atoms with Crippen LogP contribution in [0.4, 0.5) is 4.39 Å². The van der Waals surface area contributed by atoms with Crippen molar-refractivity contribution in [3.63, 3.8) is 0 Å². The molecule has 3 aromatic rings. The summed E-state index contributed by atoms with van der Waals surface area (Å²) in [7, 11) is -3.86. The second-order valence-electron chi connectivity index (χ2n) is 7.58. The lowest BCUT2D eigenvalue weighted by Gasteiger charge is -2.31. The minimum absolute atomic E-state index is 0.0131. The van der Waals surface area contributed by atoms with E-state index in [1.165, 1.54) is 18.3 Å². The van der Waals surface area contributed by atoms with Gasteiger partial charge in [-0.05, 0) is 58.0 Å². The standard InChI is InChI=1S/C22H25FN2O3S/c1-15(2)25(16(3)4)22(26)14-24-13-21(19-7-5-6-8-20(19)24)29(27,28)18-11-9-17(23)10-12-18/h5-13,15-16H,14H2,1-4H3. The highest BCUT2D eigenvalue weighted by atomic mass is 32.2. The number of hydrogen-bond donors (Lipinski definition) is 0. The van der Waals surface area contributed by atoms with Crippen LogP contribution in [-0.2, 0) is 21.2 Å². The number of amides is 1. The van der Waals surface area contributed by atoms with Gasteiger partial charge in [0, 0.05) is 29.2 Å². The molecule has 0 fully saturated rings. The molecule has 0 aliphatic heterocycles. The number of sulfone groups is 1. The maximum atomic E-state index is 13.2. The van der Waals surface area contributed by atoms with E-state index in [1.807, 2.05) is 27.7 Å². The average Bonchev–Trinajstić information content (AvgIpc) is 3.01. The fourth-order valence-electron chi connectivity index (χ4n) is 3.70. The van der Waals surface area contributed by atoms with Gasteiger partial charge in [0.2, 0.25) is 15.7 Å². The topological polar surface area (TPSA) is 59.4 Å². The molecular formula is C22H25FN2O3S. The van der Waals surface area contributed by atoms with E-state index in [-0.39, 0.29) is 34.3 Å². The molecule has 1 heterocycles. The molecule has 0 saturated carbocycles. The van der Waals surface area contributed by atoms with Crippen molar-refractivity contribution in [1.82, 2.24) is 9.47 Å². The van der Waals surface area contributed by atoms with Gasteiger partial charge in [-0.3, -0.25) is 4.79 Å². The third kappa shape index (κ3) is 4.05. The van der Waals surface area contributed by atoms with Gasteiger partial charge in [0.1, 0.15) is 12.4 Å². The molecule has 0 saturated heterocycles. The smallest absolute Gasteiger partial charge is 0.242 e. The molecule has 0 aliphatic carbocycles. The van der Waals surface area contributed by atoms with Crippen LogP contribution in [0.2, 0.25) is 0 Å². The van der Waals surface area contributed by atoms with E-state index in [1.54, 1.807) is 33.7 Å². The first kappa shape index (κ1) is 21.0. The van der Waals surface area contributed by atoms with Crippen molar-refractivity contribution in [3.05, 3.63) is 60.5 Å². The van der Waals surface area contributed by atoms with Crippen LogP contribution in [0.5, 0.6) is 0 Å². The number of benzene rings is 2. The Morgan fingerprint density at radius 3 is 2.17 bits per heavy atom. The molecule has 0 atom stereocenters. The van der Waals surface area contributed by atoms with E-state index in [2.05, 4.69) is 0 Å². The Morgan fingerprint density at radius 2 is 1.59 bits per heavy atom. The largest absolute Gasteiger partial charge is 0.337 e. The summed E-state index contributed by atoms with van der Waals surface area (Å²) in [6.45, 7) is 7.86. The summed E-state index contributed by atoms with van der Waals surface area (Å²) < 4.78 is 41.3. The van der Waals surface area contributed by atoms with E-state index in [0.717, 1.165) is 12.1 Å². The Morgan fingerprint density at radius 1 is 1.00 bits per heavy atom. The maximum absolute atomic E-state index is 13.2. The molecule has 2 aromatic carbocycles. The van der Waals surface area contributed by atoms with Crippen molar-refractivity contribution in [3.8, 4) is 0 Å². The molecular weight excluding hydrogens is 391 g/mol. The second-order valence-corrected chi connectivity index (χ2v) is 9.50. The van der Waals surface area contributed by atoms with Crippen LogP contribution >= 0.6 is 0 Å². The molecule has 0 aliphatic rings. The first-order valence-electron chi connectivity index (χ1n) is 9.52. The number of aromatic nitrogens is 1. The van der Waals surface area contributed by atoms with Gasteiger partial charge in [-0.15, -0.1) is 0 Å². The van der Waals surface area contributed by atoms with Gasteiger partial charge in [0.25, 0.3) is 0 Å². The summed E-state index contributed by atoms with van der Waals surface area (Å²) in [5.74, 6) is -0.582. The summed E-state index contributed by atoms with van der Waals surface area (Å²) >= 11 is 0. The summed E-state index contributed by atoms with van der Waals surface area (Å²) in [5, 5.41) is 0.533. The number of carbonyl (C=O) groups is 1. The van der Waals surface area contributed by atoms with Crippen molar-refractivity contribution in [2.24, 2.45) is 0 Å². The second kappa shape index (κ2) is 7.99. The molecule has 0 bridgehead atoms. The van der Waals surface area contributed by atoms with E-state index < -0.39 is 15.7 Å². The van der Waals surface area contributed by atoms with Crippen LogP contribution in [0.15, 0.2) is 64.5 Å². The molecule has 154 valence electrons. The molecule has 3 rings (SSSR count). The number of nitrogens with zero attached hydrogens (tertiary/aromatic N) is 2. The summed E-state index contributed by atoms with van der Waals surface area (Å²) in [4.78, 5) is 14.8. The Labute approximate surface area is 170 Å². The van der Waals surface area contributed by atoms with Crippen LogP contribution in [0.25, 0.3) is 10.9 Å². The van der Waals surface area contributed by atoms with Gasteiger partial charge in [-0.25, -0.2) is 12.8 Å². The Balaban J connectivity index is 2.08. The zero-order valence-electron chi connectivity index (χ0n) is 17.0. The van der Waals surface area contributed by atoms with Crippen LogP contribution in [0, 0.1) is 5.82 Å². The molecule has 1 aromatic heterocycles. The van der Waals surface area contributed by atoms with Crippen LogP contribution in [-0.4, -0.2) is 35.9 Å². The van der Waals surface area contributed by atoms with Gasteiger partial charge in [-0.1, -0.05) is 18.2 Å². The third-order valence-electron chi connectivity index (χ3n) is 4.87. The van der Waals surface area contributed by atoms with E-state index in [9.17, 15) is 17.6 Å². The van der Waals surface area contributed by atoms with E-state index in [0.29, 0.717) is 10.9 Å². The monoisotopic (exact) mass is 416 g/mol. The number of para-hydroxylation sites is 1. The molecule has 5 nitrogen and oxygen atoms in total. The Kier molecular flexibility index (Phi) is 5.80. The van der Waals surface area contributed by atoms with Crippen molar-refractivity contribution >= 4 is 26.6 Å². The van der Waals surface area contributed by atoms with Gasteiger partial charge in [0.15, 0.2) is 0 Å². The summed E-state index contributed by atoms with van der Waals surface area (Å²) in [5.41, 5.74) is 0.661. The van der Waals surface area contributed by atoms with Gasteiger partial charge >= 0.3 is 0 Å². The molecule has 7 heteroatoms. The molecule has 0 spiro atoms. The predicted molar refractivity (Wildman–Crippen MR) is 111 cm³/mol. The fourth-order valence-corrected chi connectivity index (χ4v) is 5.17. The highest BCUT2D eigenvalue weighted by Crippen LogP contribution is 2.30. The van der Waals surface area contributed by atoms with Crippen molar-refractivity contribution in [2.45, 2.75) is 56.1 Å². The van der Waals surface area contributed by atoms with Crippen molar-refractivity contribution in [1.29, 1.82) is 0 Å². The van der Waals surface area contributed by atoms with Gasteiger partial charge in [0.05, 0.1) is 9.79 Å². The summed E-state index contributed by atoms with van der Waals surface area (Å²) in [6, 6.07) is 11.9. The van der Waals surface area contributed by atoms with Crippen LogP contribution < -0.4 is 0 Å². The zero-order valence-corrected chi connectivity index (χ0v) is 17.8. The third-order valence-corrected chi connectivity index (χ3v) is 6.67. The fraction of sp³-hybridized carbons (Fsp3) is 0.318. The highest BCUT2D eigenvalue weighted by molar-refractivity contribution is 7.91. The van der Waals surface area contributed by atoms with E-state index in [4.69, 9.17) is 0 Å². The number of rotatable bonds is 6. The zero-order chi connectivity index (χ0) is 21.3. The minimum atomic E-state index is -3.86.